The van der Waals surface area contributed by atoms with E-state index in [1.54, 1.807) is 0 Å². The molecule has 0 bridgehead atoms. The van der Waals surface area contributed by atoms with Gasteiger partial charge in [0.1, 0.15) is 0 Å². The minimum Gasteiger partial charge on any atom is -0.389 e. The molecular formula is C9H7Cl2F3O. The second-order valence-electron chi connectivity index (χ2n) is 3.04. The third-order valence-electron chi connectivity index (χ3n) is 1.84. The lowest BCUT2D eigenvalue weighted by Gasteiger charge is -2.13. The van der Waals surface area contributed by atoms with Gasteiger partial charge in [-0.05, 0) is 24.6 Å². The molecule has 1 rings (SSSR count). The number of hydrogen-bond donors (Lipinski definition) is 1. The lowest BCUT2D eigenvalue weighted by atomic mass is 10.1. The second kappa shape index (κ2) is 4.20. The minimum absolute atomic E-state index is 0.0803. The Kier molecular flexibility index (Phi) is 3.53. The summed E-state index contributed by atoms with van der Waals surface area (Å²) in [4.78, 5) is 0. The lowest BCUT2D eigenvalue weighted by molar-refractivity contribution is -0.137. The second-order valence-corrected chi connectivity index (χ2v) is 3.82. The Labute approximate surface area is 94.4 Å². The van der Waals surface area contributed by atoms with Gasteiger partial charge in [0.05, 0.1) is 21.7 Å². The molecule has 0 amide bonds. The number of aliphatic hydroxyl groups is 1. The van der Waals surface area contributed by atoms with Gasteiger partial charge in [-0.1, -0.05) is 23.2 Å². The van der Waals surface area contributed by atoms with Crippen molar-refractivity contribution in [3.63, 3.8) is 0 Å². The summed E-state index contributed by atoms with van der Waals surface area (Å²) in [7, 11) is 0. The van der Waals surface area contributed by atoms with Gasteiger partial charge in [0, 0.05) is 0 Å². The van der Waals surface area contributed by atoms with Crippen LogP contribution in [0.3, 0.4) is 0 Å². The molecule has 1 aromatic rings. The first-order chi connectivity index (χ1) is 6.73. The molecule has 0 heterocycles. The monoisotopic (exact) mass is 258 g/mol. The highest BCUT2D eigenvalue weighted by Gasteiger charge is 2.34. The molecule has 0 radical (unpaired) electrons. The predicted octanol–water partition coefficient (Wildman–Crippen LogP) is 4.07. The fraction of sp³-hybridized carbons (Fsp3) is 0.333. The molecule has 6 heteroatoms. The van der Waals surface area contributed by atoms with Crippen molar-refractivity contribution in [3.8, 4) is 0 Å². The molecule has 0 aliphatic rings. The van der Waals surface area contributed by atoms with Crippen LogP contribution in [-0.2, 0) is 6.18 Å². The van der Waals surface area contributed by atoms with Crippen molar-refractivity contribution in [2.75, 3.05) is 0 Å². The molecular weight excluding hydrogens is 252 g/mol. The van der Waals surface area contributed by atoms with E-state index in [0.717, 1.165) is 6.07 Å². The molecule has 0 spiro atoms. The predicted molar refractivity (Wildman–Crippen MR) is 52.1 cm³/mol. The molecule has 0 saturated heterocycles. The molecule has 0 aliphatic heterocycles. The largest absolute Gasteiger partial charge is 0.417 e. The van der Waals surface area contributed by atoms with Crippen molar-refractivity contribution in [1.82, 2.24) is 0 Å². The Morgan fingerprint density at radius 2 is 1.80 bits per heavy atom. The van der Waals surface area contributed by atoms with Crippen molar-refractivity contribution in [2.24, 2.45) is 0 Å². The smallest absolute Gasteiger partial charge is 0.389 e. The maximum atomic E-state index is 12.4. The van der Waals surface area contributed by atoms with Gasteiger partial charge in [0.25, 0.3) is 0 Å². The fourth-order valence-electron chi connectivity index (χ4n) is 1.06. The van der Waals surface area contributed by atoms with Crippen molar-refractivity contribution in [2.45, 2.75) is 19.2 Å². The first kappa shape index (κ1) is 12.6. The summed E-state index contributed by atoms with van der Waals surface area (Å²) in [5.41, 5.74) is -0.954. The standard InChI is InChI=1S/C9H7Cl2F3O/c1-4(15)5-2-6(9(12,13)14)8(11)7(10)3-5/h2-4,15H,1H3. The van der Waals surface area contributed by atoms with Gasteiger partial charge in [-0.2, -0.15) is 13.2 Å². The van der Waals surface area contributed by atoms with E-state index >= 15 is 0 Å². The first-order valence-electron chi connectivity index (χ1n) is 3.97. The van der Waals surface area contributed by atoms with Gasteiger partial charge in [-0.3, -0.25) is 0 Å². The van der Waals surface area contributed by atoms with E-state index in [1.807, 2.05) is 0 Å². The third-order valence-corrected chi connectivity index (χ3v) is 2.64. The summed E-state index contributed by atoms with van der Waals surface area (Å²) in [6.45, 7) is 1.35. The van der Waals surface area contributed by atoms with Crippen LogP contribution in [0, 0.1) is 0 Å². The molecule has 15 heavy (non-hydrogen) atoms. The van der Waals surface area contributed by atoms with E-state index in [0.29, 0.717) is 0 Å². The Bertz CT molecular complexity index is 374. The summed E-state index contributed by atoms with van der Waals surface area (Å²) in [6, 6.07) is 2.00. The molecule has 1 N–H and O–H groups in total. The maximum Gasteiger partial charge on any atom is 0.417 e. The highest BCUT2D eigenvalue weighted by atomic mass is 35.5. The van der Waals surface area contributed by atoms with Gasteiger partial charge >= 0.3 is 6.18 Å². The minimum atomic E-state index is -4.58. The van der Waals surface area contributed by atoms with E-state index in [4.69, 9.17) is 28.3 Å². The molecule has 0 aliphatic carbocycles. The number of benzene rings is 1. The van der Waals surface area contributed by atoms with Gasteiger partial charge in [0.2, 0.25) is 0 Å². The molecule has 0 aromatic heterocycles. The molecule has 0 saturated carbocycles. The lowest BCUT2D eigenvalue weighted by Crippen LogP contribution is -2.07. The molecule has 1 unspecified atom stereocenters. The molecule has 1 nitrogen and oxygen atoms in total. The summed E-state index contributed by atoms with van der Waals surface area (Å²) < 4.78 is 37.3. The number of hydrogen-bond acceptors (Lipinski definition) is 1. The van der Waals surface area contributed by atoms with Crippen LogP contribution in [0.4, 0.5) is 13.2 Å². The van der Waals surface area contributed by atoms with E-state index in [2.05, 4.69) is 0 Å². The van der Waals surface area contributed by atoms with Crippen molar-refractivity contribution in [3.05, 3.63) is 33.3 Å². The average molecular weight is 259 g/mol. The molecule has 84 valence electrons. The SMILES string of the molecule is CC(O)c1cc(Cl)c(Cl)c(C(F)(F)F)c1. The normalized spacial score (nSPS) is 14.1. The Balaban J connectivity index is 3.38. The zero-order valence-electron chi connectivity index (χ0n) is 7.57. The van der Waals surface area contributed by atoms with Crippen LogP contribution in [0.5, 0.6) is 0 Å². The Hall–Kier alpha value is -0.450. The number of aliphatic hydroxyl groups excluding tert-OH is 1. The van der Waals surface area contributed by atoms with Crippen LogP contribution in [0.25, 0.3) is 0 Å². The first-order valence-corrected chi connectivity index (χ1v) is 4.73. The van der Waals surface area contributed by atoms with E-state index < -0.39 is 22.9 Å². The quantitative estimate of drug-likeness (QED) is 0.806. The van der Waals surface area contributed by atoms with Crippen LogP contribution >= 0.6 is 23.2 Å². The van der Waals surface area contributed by atoms with E-state index in [1.165, 1.54) is 13.0 Å². The fourth-order valence-corrected chi connectivity index (χ4v) is 1.50. The maximum absolute atomic E-state index is 12.4. The van der Waals surface area contributed by atoms with Crippen molar-refractivity contribution in [1.29, 1.82) is 0 Å². The Morgan fingerprint density at radius 3 is 2.20 bits per heavy atom. The van der Waals surface area contributed by atoms with E-state index in [9.17, 15) is 13.2 Å². The highest BCUT2D eigenvalue weighted by Crippen LogP contribution is 2.39. The summed E-state index contributed by atoms with van der Waals surface area (Å²) in [6.07, 6.45) is -5.60. The van der Waals surface area contributed by atoms with Gasteiger partial charge < -0.3 is 5.11 Å². The summed E-state index contributed by atoms with van der Waals surface area (Å²) in [5.74, 6) is 0. The number of rotatable bonds is 1. The van der Waals surface area contributed by atoms with Crippen molar-refractivity contribution < 1.29 is 18.3 Å². The van der Waals surface area contributed by atoms with Crippen LogP contribution in [-0.4, -0.2) is 5.11 Å². The van der Waals surface area contributed by atoms with Gasteiger partial charge in [0.15, 0.2) is 0 Å². The highest BCUT2D eigenvalue weighted by molar-refractivity contribution is 6.42. The third kappa shape index (κ3) is 2.77. The topological polar surface area (TPSA) is 20.2 Å². The molecule has 1 aromatic carbocycles. The summed E-state index contributed by atoms with van der Waals surface area (Å²) >= 11 is 10.9. The van der Waals surface area contributed by atoms with E-state index in [-0.39, 0.29) is 10.6 Å². The number of halogens is 5. The van der Waals surface area contributed by atoms with Crippen LogP contribution < -0.4 is 0 Å². The van der Waals surface area contributed by atoms with Crippen LogP contribution in [0.15, 0.2) is 12.1 Å². The number of alkyl halides is 3. The zero-order valence-corrected chi connectivity index (χ0v) is 9.08. The van der Waals surface area contributed by atoms with Crippen LogP contribution in [0.2, 0.25) is 10.0 Å². The molecule has 1 atom stereocenters. The average Bonchev–Trinajstić information content (AvgIpc) is 2.06. The van der Waals surface area contributed by atoms with Crippen LogP contribution in [0.1, 0.15) is 24.2 Å². The van der Waals surface area contributed by atoms with Crippen molar-refractivity contribution >= 4 is 23.2 Å². The van der Waals surface area contributed by atoms with Gasteiger partial charge in [-0.15, -0.1) is 0 Å². The summed E-state index contributed by atoms with van der Waals surface area (Å²) in [5, 5.41) is 8.39. The van der Waals surface area contributed by atoms with Gasteiger partial charge in [-0.25, -0.2) is 0 Å². The zero-order chi connectivity index (χ0) is 11.8. The Morgan fingerprint density at radius 1 is 1.27 bits per heavy atom. The molecule has 0 fully saturated rings.